The lowest BCUT2D eigenvalue weighted by Crippen LogP contribution is -2.18. The van der Waals surface area contributed by atoms with E-state index in [1.165, 1.54) is 0 Å². The number of rotatable bonds is 10. The average molecular weight is 296 g/mol. The summed E-state index contributed by atoms with van der Waals surface area (Å²) in [5.41, 5.74) is 0. The van der Waals surface area contributed by atoms with Crippen LogP contribution in [0.3, 0.4) is 0 Å². The molecule has 0 fully saturated rings. The second-order valence-corrected chi connectivity index (χ2v) is 4.17. The van der Waals surface area contributed by atoms with Crippen LogP contribution in [0.2, 0.25) is 0 Å². The van der Waals surface area contributed by atoms with Crippen LogP contribution in [-0.4, -0.2) is 43.2 Å². The minimum absolute atomic E-state index is 0.0794. The van der Waals surface area contributed by atoms with E-state index in [1.54, 1.807) is 7.11 Å². The van der Waals surface area contributed by atoms with Crippen LogP contribution in [0.1, 0.15) is 25.2 Å². The average Bonchev–Trinajstić information content (AvgIpc) is 2.81. The van der Waals surface area contributed by atoms with E-state index in [0.717, 1.165) is 0 Å². The lowest BCUT2D eigenvalue weighted by Gasteiger charge is -2.05. The van der Waals surface area contributed by atoms with Crippen LogP contribution in [0.25, 0.3) is 0 Å². The molecule has 0 saturated carbocycles. The van der Waals surface area contributed by atoms with E-state index in [-0.39, 0.29) is 12.4 Å². The molecule has 0 aliphatic carbocycles. The number of methoxy groups -OCH3 is 1. The summed E-state index contributed by atoms with van der Waals surface area (Å²) in [4.78, 5) is 0. The van der Waals surface area contributed by atoms with Gasteiger partial charge in [-0.3, -0.25) is 0 Å². The molecule has 20 heavy (non-hydrogen) atoms. The monoisotopic (exact) mass is 296 g/mol. The Kier molecular flexibility index (Phi) is 7.31. The quantitative estimate of drug-likeness (QED) is 0.643. The molecule has 0 saturated heterocycles. The molecular formula is C11H19F3N4O2. The smallest absolute Gasteiger partial charge is 0.389 e. The van der Waals surface area contributed by atoms with Gasteiger partial charge >= 0.3 is 12.2 Å². The van der Waals surface area contributed by atoms with E-state index in [9.17, 15) is 13.2 Å². The van der Waals surface area contributed by atoms with Gasteiger partial charge < -0.3 is 19.8 Å². The van der Waals surface area contributed by atoms with Crippen molar-refractivity contribution >= 4 is 6.01 Å². The minimum Gasteiger partial charge on any atom is -0.407 e. The number of alkyl halides is 3. The Hall–Kier alpha value is -1.35. The third-order valence-electron chi connectivity index (χ3n) is 2.39. The number of nitrogens with one attached hydrogen (secondary N) is 2. The number of hydrogen-bond acceptors (Lipinski definition) is 6. The Labute approximate surface area is 115 Å². The van der Waals surface area contributed by atoms with E-state index in [2.05, 4.69) is 20.8 Å². The number of anilines is 1. The van der Waals surface area contributed by atoms with Crippen molar-refractivity contribution in [3.05, 3.63) is 5.89 Å². The molecule has 0 atom stereocenters. The fraction of sp³-hybridized carbons (Fsp3) is 0.818. The maximum atomic E-state index is 11.9. The molecule has 0 radical (unpaired) electrons. The number of ether oxygens (including phenoxy) is 1. The van der Waals surface area contributed by atoms with Crippen LogP contribution in [-0.2, 0) is 11.3 Å². The highest BCUT2D eigenvalue weighted by Gasteiger charge is 2.25. The predicted molar refractivity (Wildman–Crippen MR) is 66.3 cm³/mol. The fourth-order valence-electron chi connectivity index (χ4n) is 1.41. The molecule has 1 rings (SSSR count). The lowest BCUT2D eigenvalue weighted by atomic mass is 10.2. The van der Waals surface area contributed by atoms with Crippen LogP contribution >= 0.6 is 0 Å². The van der Waals surface area contributed by atoms with E-state index >= 15 is 0 Å². The molecule has 2 N–H and O–H groups in total. The highest BCUT2D eigenvalue weighted by Crippen LogP contribution is 2.22. The third-order valence-corrected chi connectivity index (χ3v) is 2.39. The van der Waals surface area contributed by atoms with Crippen molar-refractivity contribution in [1.29, 1.82) is 0 Å². The highest BCUT2D eigenvalue weighted by atomic mass is 19.4. The number of nitrogens with zero attached hydrogens (tertiary/aromatic N) is 2. The highest BCUT2D eigenvalue weighted by molar-refractivity contribution is 5.16. The van der Waals surface area contributed by atoms with Crippen LogP contribution < -0.4 is 10.6 Å². The molecule has 0 aliphatic rings. The van der Waals surface area contributed by atoms with Crippen LogP contribution in [0.15, 0.2) is 4.42 Å². The first-order chi connectivity index (χ1) is 9.51. The van der Waals surface area contributed by atoms with Gasteiger partial charge in [0.1, 0.15) is 0 Å². The predicted octanol–water partition coefficient (Wildman–Crippen LogP) is 1.95. The van der Waals surface area contributed by atoms with Crippen molar-refractivity contribution in [3.8, 4) is 0 Å². The van der Waals surface area contributed by atoms with Gasteiger partial charge in [0.2, 0.25) is 5.89 Å². The molecule has 116 valence electrons. The maximum absolute atomic E-state index is 11.9. The summed E-state index contributed by atoms with van der Waals surface area (Å²) in [6, 6.07) is 0.223. The Morgan fingerprint density at radius 3 is 2.70 bits per heavy atom. The summed E-state index contributed by atoms with van der Waals surface area (Å²) >= 11 is 0. The molecule has 6 nitrogen and oxygen atoms in total. The van der Waals surface area contributed by atoms with Gasteiger partial charge in [-0.05, 0) is 12.8 Å². The molecule has 0 amide bonds. The largest absolute Gasteiger partial charge is 0.407 e. The van der Waals surface area contributed by atoms with Crippen molar-refractivity contribution in [3.63, 3.8) is 0 Å². The Bertz CT molecular complexity index is 371. The summed E-state index contributed by atoms with van der Waals surface area (Å²) in [6.45, 7) is 2.04. The molecule has 0 spiro atoms. The lowest BCUT2D eigenvalue weighted by molar-refractivity contribution is -0.135. The Morgan fingerprint density at radius 1 is 1.20 bits per heavy atom. The molecule has 0 bridgehead atoms. The second kappa shape index (κ2) is 8.75. The zero-order chi connectivity index (χ0) is 14.8. The van der Waals surface area contributed by atoms with Gasteiger partial charge in [0.05, 0.1) is 13.2 Å². The zero-order valence-electron chi connectivity index (χ0n) is 11.3. The van der Waals surface area contributed by atoms with Gasteiger partial charge in [-0.15, -0.1) is 5.10 Å². The van der Waals surface area contributed by atoms with E-state index < -0.39 is 12.6 Å². The SMILES string of the molecule is COCCNCc1nnc(NCCCCC(F)(F)F)o1. The zero-order valence-corrected chi connectivity index (χ0v) is 11.3. The molecule has 1 aromatic heterocycles. The van der Waals surface area contributed by atoms with Crippen molar-refractivity contribution in [2.45, 2.75) is 32.0 Å². The van der Waals surface area contributed by atoms with E-state index in [0.29, 0.717) is 38.6 Å². The number of unbranched alkanes of at least 4 members (excludes halogenated alkanes) is 1. The molecule has 0 unspecified atom stereocenters. The number of aromatic nitrogens is 2. The first-order valence-corrected chi connectivity index (χ1v) is 6.34. The third kappa shape index (κ3) is 7.95. The van der Waals surface area contributed by atoms with Gasteiger partial charge in [0.25, 0.3) is 0 Å². The summed E-state index contributed by atoms with van der Waals surface area (Å²) in [5, 5.41) is 13.4. The standard InChI is InChI=1S/C11H19F3N4O2/c1-19-7-6-15-8-9-17-18-10(20-9)16-5-3-2-4-11(12,13)14/h15H,2-8H2,1H3,(H,16,18). The van der Waals surface area contributed by atoms with Crippen molar-refractivity contribution in [2.75, 3.05) is 32.1 Å². The summed E-state index contributed by atoms with van der Waals surface area (Å²) < 4.78 is 45.8. The summed E-state index contributed by atoms with van der Waals surface area (Å²) in [7, 11) is 1.61. The van der Waals surface area contributed by atoms with Crippen LogP contribution in [0.4, 0.5) is 19.2 Å². The first kappa shape index (κ1) is 16.7. The van der Waals surface area contributed by atoms with Crippen molar-refractivity contribution in [2.24, 2.45) is 0 Å². The first-order valence-electron chi connectivity index (χ1n) is 6.34. The molecule has 0 aliphatic heterocycles. The Balaban J connectivity index is 2.11. The van der Waals surface area contributed by atoms with E-state index in [4.69, 9.17) is 9.15 Å². The topological polar surface area (TPSA) is 72.2 Å². The van der Waals surface area contributed by atoms with Gasteiger partial charge in [0, 0.05) is 26.6 Å². The summed E-state index contributed by atoms with van der Waals surface area (Å²) in [6.07, 6.45) is -4.39. The van der Waals surface area contributed by atoms with Crippen molar-refractivity contribution in [1.82, 2.24) is 15.5 Å². The molecule has 0 aromatic carbocycles. The van der Waals surface area contributed by atoms with Crippen LogP contribution in [0.5, 0.6) is 0 Å². The van der Waals surface area contributed by atoms with Gasteiger partial charge in [-0.1, -0.05) is 5.10 Å². The molecule has 1 heterocycles. The number of halogens is 3. The fourth-order valence-corrected chi connectivity index (χ4v) is 1.41. The molecular weight excluding hydrogens is 277 g/mol. The maximum Gasteiger partial charge on any atom is 0.389 e. The molecule has 1 aromatic rings. The van der Waals surface area contributed by atoms with E-state index in [1.807, 2.05) is 0 Å². The summed E-state index contributed by atoms with van der Waals surface area (Å²) in [5.74, 6) is 0.416. The van der Waals surface area contributed by atoms with Gasteiger partial charge in [0.15, 0.2) is 0 Å². The normalized spacial score (nSPS) is 11.8. The van der Waals surface area contributed by atoms with Crippen LogP contribution in [0, 0.1) is 0 Å². The molecule has 9 heteroatoms. The Morgan fingerprint density at radius 2 is 2.00 bits per heavy atom. The minimum atomic E-state index is -4.09. The second-order valence-electron chi connectivity index (χ2n) is 4.17. The van der Waals surface area contributed by atoms with Gasteiger partial charge in [-0.2, -0.15) is 13.2 Å². The van der Waals surface area contributed by atoms with Gasteiger partial charge in [-0.25, -0.2) is 0 Å². The van der Waals surface area contributed by atoms with Crippen molar-refractivity contribution < 1.29 is 22.3 Å². The number of hydrogen-bond donors (Lipinski definition) is 2.